The van der Waals surface area contributed by atoms with Gasteiger partial charge in [-0.1, -0.05) is 349 Å². The van der Waals surface area contributed by atoms with Crippen LogP contribution in [0.2, 0.25) is 0 Å². The van der Waals surface area contributed by atoms with Gasteiger partial charge in [0.05, 0.1) is 6.61 Å². The van der Waals surface area contributed by atoms with Crippen molar-refractivity contribution in [2.75, 3.05) is 13.2 Å². The Balaban J connectivity index is 4.29. The number of carbonyl (C=O) groups is 1. The molecular formula is C65H130O3. The van der Waals surface area contributed by atoms with E-state index < -0.39 is 0 Å². The molecule has 0 amide bonds. The molecule has 0 bridgehead atoms. The summed E-state index contributed by atoms with van der Waals surface area (Å²) in [6.45, 7) is 12.8. The predicted octanol–water partition coefficient (Wildman–Crippen LogP) is 22.8. The molecule has 0 aliphatic heterocycles. The Morgan fingerprint density at radius 3 is 0.838 bits per heavy atom. The summed E-state index contributed by atoms with van der Waals surface area (Å²) < 4.78 is 5.65. The molecule has 0 heterocycles. The summed E-state index contributed by atoms with van der Waals surface area (Å²) in [6, 6.07) is 0. The number of hydrogen-bond acceptors (Lipinski definition) is 3. The predicted molar refractivity (Wildman–Crippen MR) is 305 cm³/mol. The first-order valence-corrected chi connectivity index (χ1v) is 32.3. The number of carbonyl (C=O) groups excluding carboxylic acids is 1. The summed E-state index contributed by atoms with van der Waals surface area (Å²) >= 11 is 0. The van der Waals surface area contributed by atoms with Crippen molar-refractivity contribution in [2.24, 2.45) is 23.7 Å². The van der Waals surface area contributed by atoms with E-state index >= 15 is 0 Å². The lowest BCUT2D eigenvalue weighted by Gasteiger charge is -2.28. The lowest BCUT2D eigenvalue weighted by molar-refractivity contribution is -0.143. The van der Waals surface area contributed by atoms with Gasteiger partial charge < -0.3 is 9.84 Å². The molecule has 0 fully saturated rings. The minimum Gasteiger partial charge on any atom is -0.466 e. The van der Waals surface area contributed by atoms with E-state index in [9.17, 15) is 4.79 Å². The number of esters is 1. The van der Waals surface area contributed by atoms with E-state index in [1.165, 1.54) is 315 Å². The molecule has 0 saturated heterocycles. The average molecular weight is 960 g/mol. The van der Waals surface area contributed by atoms with Crippen molar-refractivity contribution in [3.05, 3.63) is 0 Å². The fourth-order valence-electron chi connectivity index (χ4n) is 11.8. The van der Waals surface area contributed by atoms with Crippen LogP contribution in [0.3, 0.4) is 0 Å². The molecular weight excluding hydrogens is 829 g/mol. The van der Waals surface area contributed by atoms with Gasteiger partial charge in [-0.15, -0.1) is 0 Å². The average Bonchev–Trinajstić information content (AvgIpc) is 3.34. The van der Waals surface area contributed by atoms with Gasteiger partial charge in [-0.25, -0.2) is 0 Å². The minimum atomic E-state index is 0.0385. The van der Waals surface area contributed by atoms with E-state index in [0.717, 1.165) is 42.9 Å². The van der Waals surface area contributed by atoms with Crippen LogP contribution in [-0.2, 0) is 9.53 Å². The second-order valence-electron chi connectivity index (χ2n) is 22.8. The summed E-state index contributed by atoms with van der Waals surface area (Å²) in [4.78, 5) is 12.4. The highest BCUT2D eigenvalue weighted by atomic mass is 16.5. The molecule has 3 nitrogen and oxygen atoms in total. The number of rotatable bonds is 59. The molecule has 0 saturated carbocycles. The third-order valence-corrected chi connectivity index (χ3v) is 16.5. The molecule has 3 heteroatoms. The minimum absolute atomic E-state index is 0.0385. The van der Waals surface area contributed by atoms with Crippen LogP contribution in [0.1, 0.15) is 375 Å². The summed E-state index contributed by atoms with van der Waals surface area (Å²) in [5, 5.41) is 9.03. The van der Waals surface area contributed by atoms with Crippen LogP contribution in [0.4, 0.5) is 0 Å². The molecule has 0 rings (SSSR count). The van der Waals surface area contributed by atoms with Crippen molar-refractivity contribution in [3.63, 3.8) is 0 Å². The van der Waals surface area contributed by atoms with Gasteiger partial charge in [0.1, 0.15) is 0 Å². The van der Waals surface area contributed by atoms with E-state index in [0.29, 0.717) is 19.6 Å². The highest BCUT2D eigenvalue weighted by molar-refractivity contribution is 5.69. The fourth-order valence-corrected chi connectivity index (χ4v) is 11.8. The molecule has 4 atom stereocenters. The molecule has 0 aromatic rings. The fraction of sp³-hybridized carbons (Fsp3) is 0.985. The summed E-state index contributed by atoms with van der Waals surface area (Å²) in [7, 11) is 0. The molecule has 68 heavy (non-hydrogen) atoms. The molecule has 0 aliphatic carbocycles. The van der Waals surface area contributed by atoms with Gasteiger partial charge in [-0.3, -0.25) is 4.79 Å². The number of aliphatic hydroxyl groups excluding tert-OH is 1. The number of aliphatic hydroxyl groups is 1. The largest absolute Gasteiger partial charge is 0.466 e. The van der Waals surface area contributed by atoms with Crippen molar-refractivity contribution >= 4 is 5.97 Å². The van der Waals surface area contributed by atoms with E-state index in [-0.39, 0.29) is 5.97 Å². The van der Waals surface area contributed by atoms with Crippen LogP contribution in [0.25, 0.3) is 0 Å². The van der Waals surface area contributed by atoms with E-state index in [4.69, 9.17) is 9.84 Å². The monoisotopic (exact) mass is 959 g/mol. The molecule has 4 unspecified atom stereocenters. The van der Waals surface area contributed by atoms with Crippen LogP contribution in [0, 0.1) is 23.7 Å². The Morgan fingerprint density at radius 2 is 0.529 bits per heavy atom. The van der Waals surface area contributed by atoms with Gasteiger partial charge in [-0.2, -0.15) is 0 Å². The first-order valence-electron chi connectivity index (χ1n) is 32.3. The van der Waals surface area contributed by atoms with Crippen LogP contribution >= 0.6 is 0 Å². The van der Waals surface area contributed by atoms with Gasteiger partial charge in [-0.05, 0) is 42.9 Å². The maximum atomic E-state index is 12.4. The van der Waals surface area contributed by atoms with Crippen molar-refractivity contribution in [1.82, 2.24) is 0 Å². The number of unbranched alkanes of at least 4 members (excludes halogenated alkanes) is 37. The smallest absolute Gasteiger partial charge is 0.305 e. The highest BCUT2D eigenvalue weighted by Gasteiger charge is 2.21. The Morgan fingerprint density at radius 1 is 0.294 bits per heavy atom. The first kappa shape index (κ1) is 67.4. The Kier molecular flexibility index (Phi) is 56.9. The summed E-state index contributed by atoms with van der Waals surface area (Å²) in [6.07, 6.45) is 72.2. The van der Waals surface area contributed by atoms with Gasteiger partial charge in [0.25, 0.3) is 0 Å². The zero-order chi connectivity index (χ0) is 49.5. The van der Waals surface area contributed by atoms with Crippen LogP contribution in [0.5, 0.6) is 0 Å². The maximum Gasteiger partial charge on any atom is 0.305 e. The lowest BCUT2D eigenvalue weighted by atomic mass is 9.78. The zero-order valence-corrected chi connectivity index (χ0v) is 48.0. The molecule has 0 radical (unpaired) electrons. The Labute approximate surface area is 430 Å². The quantitative estimate of drug-likeness (QED) is 0.0488. The SMILES string of the molecule is CCCCCCCCC(CC)C(CCCCCC)CCCCCCCCCCC(=O)OCCCCCCCCCC(CCCCCCCC)C(CCCCCC)CCCCCCCCCCCO. The van der Waals surface area contributed by atoms with Crippen molar-refractivity contribution in [2.45, 2.75) is 375 Å². The highest BCUT2D eigenvalue weighted by Crippen LogP contribution is 2.35. The van der Waals surface area contributed by atoms with Gasteiger partial charge in [0.15, 0.2) is 0 Å². The van der Waals surface area contributed by atoms with Gasteiger partial charge in [0.2, 0.25) is 0 Å². The van der Waals surface area contributed by atoms with Crippen molar-refractivity contribution in [3.8, 4) is 0 Å². The van der Waals surface area contributed by atoms with E-state index in [1.54, 1.807) is 0 Å². The van der Waals surface area contributed by atoms with Crippen LogP contribution in [0.15, 0.2) is 0 Å². The van der Waals surface area contributed by atoms with Crippen LogP contribution < -0.4 is 0 Å². The molecule has 0 aromatic heterocycles. The number of ether oxygens (including phenoxy) is 1. The number of hydrogen-bond donors (Lipinski definition) is 1. The maximum absolute atomic E-state index is 12.4. The van der Waals surface area contributed by atoms with E-state index in [2.05, 4.69) is 34.6 Å². The molecule has 0 aromatic carbocycles. The van der Waals surface area contributed by atoms with E-state index in [1.807, 2.05) is 0 Å². The summed E-state index contributed by atoms with van der Waals surface area (Å²) in [5.74, 6) is 3.87. The zero-order valence-electron chi connectivity index (χ0n) is 48.0. The molecule has 0 aliphatic rings. The Hall–Kier alpha value is -0.570. The summed E-state index contributed by atoms with van der Waals surface area (Å²) in [5.41, 5.74) is 0. The van der Waals surface area contributed by atoms with Gasteiger partial charge in [0, 0.05) is 13.0 Å². The topological polar surface area (TPSA) is 46.5 Å². The van der Waals surface area contributed by atoms with Crippen molar-refractivity contribution < 1.29 is 14.6 Å². The van der Waals surface area contributed by atoms with Crippen LogP contribution in [-0.4, -0.2) is 24.3 Å². The molecule has 408 valence electrons. The lowest BCUT2D eigenvalue weighted by Crippen LogP contribution is -2.16. The second kappa shape index (κ2) is 57.3. The normalized spacial score (nSPS) is 13.6. The standard InChI is InChI=1S/C65H130O3/c1-6-11-15-19-33-43-51-61(10-5)62(52-41-17-13-8-3)53-44-35-28-23-24-30-38-48-58-65(67)68-60-50-40-32-26-29-37-47-57-64(55-45-34-20-16-12-7-2)63(54-42-18-14-9-4)56-46-36-27-22-21-25-31-39-49-59-66/h61-64,66H,6-60H2,1-5H3. The Bertz CT molecular complexity index is 933. The molecule has 1 N–H and O–H groups in total. The van der Waals surface area contributed by atoms with Gasteiger partial charge >= 0.3 is 5.97 Å². The first-order chi connectivity index (χ1) is 33.6. The van der Waals surface area contributed by atoms with Crippen molar-refractivity contribution in [1.29, 1.82) is 0 Å². The molecule has 0 spiro atoms. The third kappa shape index (κ3) is 47.7. The second-order valence-corrected chi connectivity index (χ2v) is 22.8. The third-order valence-electron chi connectivity index (χ3n) is 16.5.